The SMILES string of the molecule is C=CCCNC(=O)CCCOc1ccccc1C. The van der Waals surface area contributed by atoms with E-state index in [1.165, 1.54) is 0 Å². The lowest BCUT2D eigenvalue weighted by atomic mass is 10.2. The summed E-state index contributed by atoms with van der Waals surface area (Å²) in [4.78, 5) is 11.4. The van der Waals surface area contributed by atoms with Gasteiger partial charge in [-0.3, -0.25) is 4.79 Å². The zero-order valence-electron chi connectivity index (χ0n) is 10.9. The van der Waals surface area contributed by atoms with Gasteiger partial charge in [0.2, 0.25) is 5.91 Å². The molecule has 98 valence electrons. The molecule has 0 bridgehead atoms. The minimum absolute atomic E-state index is 0.0743. The zero-order valence-corrected chi connectivity index (χ0v) is 10.9. The van der Waals surface area contributed by atoms with E-state index >= 15 is 0 Å². The number of hydrogen-bond donors (Lipinski definition) is 1. The van der Waals surface area contributed by atoms with Crippen molar-refractivity contribution in [3.63, 3.8) is 0 Å². The lowest BCUT2D eigenvalue weighted by Gasteiger charge is -2.08. The number of carbonyl (C=O) groups is 1. The summed E-state index contributed by atoms with van der Waals surface area (Å²) in [6.45, 7) is 6.85. The fraction of sp³-hybridized carbons (Fsp3) is 0.400. The third-order valence-corrected chi connectivity index (χ3v) is 2.57. The second kappa shape index (κ2) is 8.34. The maximum absolute atomic E-state index is 11.4. The third kappa shape index (κ3) is 5.53. The molecular formula is C15H21NO2. The van der Waals surface area contributed by atoms with E-state index < -0.39 is 0 Å². The summed E-state index contributed by atoms with van der Waals surface area (Å²) >= 11 is 0. The van der Waals surface area contributed by atoms with E-state index in [-0.39, 0.29) is 5.91 Å². The zero-order chi connectivity index (χ0) is 13.2. The van der Waals surface area contributed by atoms with Gasteiger partial charge in [-0.05, 0) is 31.4 Å². The Kier molecular flexibility index (Phi) is 6.62. The Hall–Kier alpha value is -1.77. The molecule has 0 saturated carbocycles. The molecule has 0 aliphatic rings. The molecule has 18 heavy (non-hydrogen) atoms. The Morgan fingerprint density at radius 1 is 1.44 bits per heavy atom. The first-order chi connectivity index (χ1) is 8.74. The van der Waals surface area contributed by atoms with Crippen molar-refractivity contribution < 1.29 is 9.53 Å². The number of para-hydroxylation sites is 1. The highest BCUT2D eigenvalue weighted by Crippen LogP contribution is 2.16. The molecular weight excluding hydrogens is 226 g/mol. The van der Waals surface area contributed by atoms with E-state index in [4.69, 9.17) is 4.74 Å². The summed E-state index contributed by atoms with van der Waals surface area (Å²) < 4.78 is 5.62. The van der Waals surface area contributed by atoms with Crippen LogP contribution in [0, 0.1) is 6.92 Å². The van der Waals surface area contributed by atoms with Crippen LogP contribution in [0.25, 0.3) is 0 Å². The van der Waals surface area contributed by atoms with Crippen LogP contribution >= 0.6 is 0 Å². The Morgan fingerprint density at radius 3 is 2.94 bits per heavy atom. The van der Waals surface area contributed by atoms with E-state index in [2.05, 4.69) is 11.9 Å². The van der Waals surface area contributed by atoms with Crippen molar-refractivity contribution in [3.8, 4) is 5.75 Å². The number of amides is 1. The third-order valence-electron chi connectivity index (χ3n) is 2.57. The summed E-state index contributed by atoms with van der Waals surface area (Å²) in [6, 6.07) is 7.89. The van der Waals surface area contributed by atoms with Crippen LogP contribution in [0.2, 0.25) is 0 Å². The van der Waals surface area contributed by atoms with Crippen molar-refractivity contribution in [1.82, 2.24) is 5.32 Å². The molecule has 0 unspecified atom stereocenters. The van der Waals surface area contributed by atoms with Crippen LogP contribution in [0.3, 0.4) is 0 Å². The topological polar surface area (TPSA) is 38.3 Å². The van der Waals surface area contributed by atoms with Gasteiger partial charge in [-0.2, -0.15) is 0 Å². The van der Waals surface area contributed by atoms with E-state index in [9.17, 15) is 4.79 Å². The number of rotatable bonds is 8. The van der Waals surface area contributed by atoms with E-state index in [1.54, 1.807) is 6.08 Å². The van der Waals surface area contributed by atoms with Crippen LogP contribution < -0.4 is 10.1 Å². The molecule has 0 spiro atoms. The molecule has 1 amide bonds. The summed E-state index contributed by atoms with van der Waals surface area (Å²) in [5.41, 5.74) is 1.12. The molecule has 0 radical (unpaired) electrons. The number of hydrogen-bond acceptors (Lipinski definition) is 2. The van der Waals surface area contributed by atoms with Crippen LogP contribution in [0.4, 0.5) is 0 Å². The molecule has 1 aromatic carbocycles. The minimum Gasteiger partial charge on any atom is -0.493 e. The maximum atomic E-state index is 11.4. The second-order valence-corrected chi connectivity index (χ2v) is 4.14. The molecule has 0 atom stereocenters. The van der Waals surface area contributed by atoms with Gasteiger partial charge in [0.1, 0.15) is 5.75 Å². The molecule has 0 aromatic heterocycles. The largest absolute Gasteiger partial charge is 0.493 e. The van der Waals surface area contributed by atoms with Gasteiger partial charge in [0, 0.05) is 13.0 Å². The molecule has 0 aliphatic heterocycles. The van der Waals surface area contributed by atoms with Crippen molar-refractivity contribution in [2.75, 3.05) is 13.2 Å². The first-order valence-electron chi connectivity index (χ1n) is 6.30. The highest BCUT2D eigenvalue weighted by atomic mass is 16.5. The number of aryl methyl sites for hydroxylation is 1. The Labute approximate surface area is 109 Å². The van der Waals surface area contributed by atoms with Crippen molar-refractivity contribution in [3.05, 3.63) is 42.5 Å². The van der Waals surface area contributed by atoms with Crippen LogP contribution in [0.15, 0.2) is 36.9 Å². The molecule has 0 saturated heterocycles. The van der Waals surface area contributed by atoms with Gasteiger partial charge in [0.25, 0.3) is 0 Å². The summed E-state index contributed by atoms with van der Waals surface area (Å²) in [5, 5.41) is 2.83. The van der Waals surface area contributed by atoms with Gasteiger partial charge in [-0.1, -0.05) is 24.3 Å². The first kappa shape index (κ1) is 14.3. The average molecular weight is 247 g/mol. The maximum Gasteiger partial charge on any atom is 0.220 e. The molecule has 1 aromatic rings. The fourth-order valence-corrected chi connectivity index (χ4v) is 1.54. The number of carbonyl (C=O) groups excluding carboxylic acids is 1. The Balaban J connectivity index is 2.13. The van der Waals surface area contributed by atoms with Crippen molar-refractivity contribution in [2.45, 2.75) is 26.2 Å². The smallest absolute Gasteiger partial charge is 0.220 e. The van der Waals surface area contributed by atoms with Gasteiger partial charge in [-0.25, -0.2) is 0 Å². The summed E-state index contributed by atoms with van der Waals surface area (Å²) in [5.74, 6) is 0.967. The van der Waals surface area contributed by atoms with Gasteiger partial charge in [0.15, 0.2) is 0 Å². The van der Waals surface area contributed by atoms with Crippen molar-refractivity contribution in [2.24, 2.45) is 0 Å². The monoisotopic (exact) mass is 247 g/mol. The fourth-order valence-electron chi connectivity index (χ4n) is 1.54. The van der Waals surface area contributed by atoms with Crippen LogP contribution in [0.5, 0.6) is 5.75 Å². The molecule has 3 nitrogen and oxygen atoms in total. The molecule has 0 fully saturated rings. The summed E-state index contributed by atoms with van der Waals surface area (Å²) in [7, 11) is 0. The standard InChI is InChI=1S/C15H21NO2/c1-3-4-11-16-15(17)10-7-12-18-14-9-6-5-8-13(14)2/h3,5-6,8-9H,1,4,7,10-12H2,2H3,(H,16,17). The van der Waals surface area contributed by atoms with Gasteiger partial charge < -0.3 is 10.1 Å². The molecule has 1 rings (SSSR count). The van der Waals surface area contributed by atoms with Gasteiger partial charge >= 0.3 is 0 Å². The van der Waals surface area contributed by atoms with Crippen molar-refractivity contribution >= 4 is 5.91 Å². The van der Waals surface area contributed by atoms with Crippen molar-refractivity contribution in [1.29, 1.82) is 0 Å². The van der Waals surface area contributed by atoms with E-state index in [1.807, 2.05) is 31.2 Å². The predicted octanol–water partition coefficient (Wildman–Crippen LogP) is 2.85. The molecule has 1 N–H and O–H groups in total. The lowest BCUT2D eigenvalue weighted by Crippen LogP contribution is -2.24. The second-order valence-electron chi connectivity index (χ2n) is 4.14. The lowest BCUT2D eigenvalue weighted by molar-refractivity contribution is -0.121. The predicted molar refractivity (Wildman–Crippen MR) is 73.7 cm³/mol. The normalized spacial score (nSPS) is 9.83. The molecule has 3 heteroatoms. The number of ether oxygens (including phenoxy) is 1. The van der Waals surface area contributed by atoms with Gasteiger partial charge in [-0.15, -0.1) is 6.58 Å². The summed E-state index contributed by atoms with van der Waals surface area (Å²) in [6.07, 6.45) is 3.84. The van der Waals surface area contributed by atoms with E-state index in [0.717, 1.165) is 24.2 Å². The molecule has 0 heterocycles. The van der Waals surface area contributed by atoms with Crippen LogP contribution in [-0.2, 0) is 4.79 Å². The number of benzene rings is 1. The Bertz CT molecular complexity index is 388. The quantitative estimate of drug-likeness (QED) is 0.566. The molecule has 0 aliphatic carbocycles. The number of nitrogens with one attached hydrogen (secondary N) is 1. The van der Waals surface area contributed by atoms with Crippen LogP contribution in [-0.4, -0.2) is 19.1 Å². The first-order valence-corrected chi connectivity index (χ1v) is 6.30. The van der Waals surface area contributed by atoms with E-state index in [0.29, 0.717) is 19.6 Å². The Morgan fingerprint density at radius 2 is 2.22 bits per heavy atom. The van der Waals surface area contributed by atoms with Gasteiger partial charge in [0.05, 0.1) is 6.61 Å². The highest BCUT2D eigenvalue weighted by molar-refractivity contribution is 5.75. The highest BCUT2D eigenvalue weighted by Gasteiger charge is 2.01. The minimum atomic E-state index is 0.0743. The van der Waals surface area contributed by atoms with Crippen LogP contribution in [0.1, 0.15) is 24.8 Å². The average Bonchev–Trinajstić information content (AvgIpc) is 2.37.